The van der Waals surface area contributed by atoms with Crippen molar-refractivity contribution >= 4 is 17.4 Å². The number of benzene rings is 1. The second-order valence-electron chi connectivity index (χ2n) is 5.31. The summed E-state index contributed by atoms with van der Waals surface area (Å²) < 4.78 is 5.65. The number of hydrogen-bond acceptors (Lipinski definition) is 4. The van der Waals surface area contributed by atoms with Crippen molar-refractivity contribution in [2.45, 2.75) is 20.0 Å². The first-order chi connectivity index (χ1) is 10.6. The van der Waals surface area contributed by atoms with Crippen LogP contribution < -0.4 is 9.64 Å². The SMILES string of the molecule is CC(=O)c1ccc(C(=O)N2C[C@H](C)Oc3ncccc32)cc1. The Balaban J connectivity index is 1.93. The zero-order valence-corrected chi connectivity index (χ0v) is 12.4. The Labute approximate surface area is 128 Å². The van der Waals surface area contributed by atoms with Crippen molar-refractivity contribution < 1.29 is 14.3 Å². The predicted octanol–water partition coefficient (Wildman–Crippen LogP) is 2.71. The molecule has 0 saturated carbocycles. The fourth-order valence-corrected chi connectivity index (χ4v) is 2.46. The molecule has 1 aliphatic rings. The van der Waals surface area contributed by atoms with E-state index in [9.17, 15) is 9.59 Å². The summed E-state index contributed by atoms with van der Waals surface area (Å²) in [6.45, 7) is 3.87. The normalized spacial score (nSPS) is 16.6. The van der Waals surface area contributed by atoms with E-state index in [1.54, 1.807) is 41.4 Å². The fraction of sp³-hybridized carbons (Fsp3) is 0.235. The zero-order chi connectivity index (χ0) is 15.7. The van der Waals surface area contributed by atoms with Crippen molar-refractivity contribution in [1.82, 2.24) is 4.98 Å². The highest BCUT2D eigenvalue weighted by molar-refractivity contribution is 6.07. The van der Waals surface area contributed by atoms with E-state index in [0.717, 1.165) is 0 Å². The minimum Gasteiger partial charge on any atom is -0.471 e. The van der Waals surface area contributed by atoms with Crippen LogP contribution in [0.2, 0.25) is 0 Å². The van der Waals surface area contributed by atoms with Crippen LogP contribution in [0, 0.1) is 0 Å². The summed E-state index contributed by atoms with van der Waals surface area (Å²) in [5, 5.41) is 0. The van der Waals surface area contributed by atoms with E-state index in [1.807, 2.05) is 13.0 Å². The monoisotopic (exact) mass is 296 g/mol. The van der Waals surface area contributed by atoms with Gasteiger partial charge in [0, 0.05) is 17.3 Å². The molecule has 0 fully saturated rings. The highest BCUT2D eigenvalue weighted by Gasteiger charge is 2.29. The van der Waals surface area contributed by atoms with E-state index in [-0.39, 0.29) is 17.8 Å². The highest BCUT2D eigenvalue weighted by Crippen LogP contribution is 2.31. The van der Waals surface area contributed by atoms with Gasteiger partial charge in [-0.3, -0.25) is 14.5 Å². The lowest BCUT2D eigenvalue weighted by atomic mass is 10.1. The van der Waals surface area contributed by atoms with Gasteiger partial charge in [0.05, 0.1) is 6.54 Å². The number of ketones is 1. The zero-order valence-electron chi connectivity index (χ0n) is 12.4. The van der Waals surface area contributed by atoms with E-state index in [4.69, 9.17) is 4.74 Å². The Hall–Kier alpha value is -2.69. The minimum atomic E-state index is -0.125. The number of fused-ring (bicyclic) bond motifs is 1. The summed E-state index contributed by atoms with van der Waals surface area (Å²) in [5.74, 6) is 0.322. The van der Waals surface area contributed by atoms with E-state index in [0.29, 0.717) is 29.2 Å². The molecular weight excluding hydrogens is 280 g/mol. The maximum Gasteiger partial charge on any atom is 0.258 e. The second kappa shape index (κ2) is 5.60. The van der Waals surface area contributed by atoms with Crippen LogP contribution in [0.25, 0.3) is 0 Å². The quantitative estimate of drug-likeness (QED) is 0.799. The van der Waals surface area contributed by atoms with Crippen LogP contribution in [0.1, 0.15) is 34.6 Å². The van der Waals surface area contributed by atoms with Crippen LogP contribution in [0.3, 0.4) is 0 Å². The van der Waals surface area contributed by atoms with Gasteiger partial charge in [0.2, 0.25) is 5.88 Å². The number of rotatable bonds is 2. The molecule has 0 aliphatic carbocycles. The third-order valence-electron chi connectivity index (χ3n) is 3.58. The molecule has 1 amide bonds. The van der Waals surface area contributed by atoms with Crippen molar-refractivity contribution in [3.63, 3.8) is 0 Å². The standard InChI is InChI=1S/C17H16N2O3/c1-11-10-19(15-4-3-9-18-16(15)22-11)17(21)14-7-5-13(6-8-14)12(2)20/h3-9,11H,10H2,1-2H3/t11-/m0/s1. The van der Waals surface area contributed by atoms with Gasteiger partial charge < -0.3 is 4.74 Å². The molecule has 22 heavy (non-hydrogen) atoms. The Bertz CT molecular complexity index is 725. The summed E-state index contributed by atoms with van der Waals surface area (Å²) in [4.78, 5) is 29.9. The number of hydrogen-bond donors (Lipinski definition) is 0. The van der Waals surface area contributed by atoms with E-state index >= 15 is 0 Å². The van der Waals surface area contributed by atoms with Gasteiger partial charge in [0.15, 0.2) is 5.78 Å². The second-order valence-corrected chi connectivity index (χ2v) is 5.31. The summed E-state index contributed by atoms with van der Waals surface area (Å²) in [7, 11) is 0. The first kappa shape index (κ1) is 14.3. The number of nitrogens with zero attached hydrogens (tertiary/aromatic N) is 2. The smallest absolute Gasteiger partial charge is 0.258 e. The van der Waals surface area contributed by atoms with Gasteiger partial charge in [-0.25, -0.2) is 4.98 Å². The third kappa shape index (κ3) is 2.57. The number of Topliss-reactive ketones (excluding diaryl/α,β-unsaturated/α-hetero) is 1. The molecule has 1 atom stereocenters. The van der Waals surface area contributed by atoms with Crippen molar-refractivity contribution in [2.75, 3.05) is 11.4 Å². The Morgan fingerprint density at radius 1 is 1.18 bits per heavy atom. The molecule has 0 spiro atoms. The lowest BCUT2D eigenvalue weighted by Gasteiger charge is -2.32. The van der Waals surface area contributed by atoms with Crippen LogP contribution in [0.15, 0.2) is 42.6 Å². The molecule has 1 aliphatic heterocycles. The summed E-state index contributed by atoms with van der Waals surface area (Å²) >= 11 is 0. The van der Waals surface area contributed by atoms with E-state index in [2.05, 4.69) is 4.98 Å². The molecule has 0 unspecified atom stereocenters. The van der Waals surface area contributed by atoms with Crippen molar-refractivity contribution in [2.24, 2.45) is 0 Å². The van der Waals surface area contributed by atoms with Gasteiger partial charge in [-0.1, -0.05) is 12.1 Å². The van der Waals surface area contributed by atoms with E-state index < -0.39 is 0 Å². The molecule has 5 nitrogen and oxygen atoms in total. The maximum absolute atomic E-state index is 12.7. The average Bonchev–Trinajstić information content (AvgIpc) is 2.53. The van der Waals surface area contributed by atoms with Gasteiger partial charge in [-0.2, -0.15) is 0 Å². The van der Waals surface area contributed by atoms with Crippen molar-refractivity contribution in [3.05, 3.63) is 53.7 Å². The van der Waals surface area contributed by atoms with Gasteiger partial charge >= 0.3 is 0 Å². The molecule has 2 aromatic rings. The van der Waals surface area contributed by atoms with Crippen LogP contribution in [-0.2, 0) is 0 Å². The van der Waals surface area contributed by atoms with Crippen molar-refractivity contribution in [3.8, 4) is 5.88 Å². The number of pyridine rings is 1. The summed E-state index contributed by atoms with van der Waals surface area (Å²) in [6, 6.07) is 10.3. The van der Waals surface area contributed by atoms with Crippen molar-refractivity contribution in [1.29, 1.82) is 0 Å². The largest absolute Gasteiger partial charge is 0.471 e. The number of carbonyl (C=O) groups is 2. The molecule has 2 heterocycles. The first-order valence-corrected chi connectivity index (χ1v) is 7.11. The van der Waals surface area contributed by atoms with Crippen LogP contribution >= 0.6 is 0 Å². The van der Waals surface area contributed by atoms with Gasteiger partial charge in [0.1, 0.15) is 11.8 Å². The molecule has 1 aromatic carbocycles. The number of amides is 1. The number of carbonyl (C=O) groups excluding carboxylic acids is 2. The molecule has 0 saturated heterocycles. The maximum atomic E-state index is 12.7. The van der Waals surface area contributed by atoms with Crippen LogP contribution in [-0.4, -0.2) is 29.3 Å². The minimum absolute atomic E-state index is 0.0199. The average molecular weight is 296 g/mol. The molecule has 1 aromatic heterocycles. The molecule has 3 rings (SSSR count). The van der Waals surface area contributed by atoms with E-state index in [1.165, 1.54) is 6.92 Å². The third-order valence-corrected chi connectivity index (χ3v) is 3.58. The Morgan fingerprint density at radius 2 is 1.86 bits per heavy atom. The van der Waals surface area contributed by atoms with Crippen LogP contribution in [0.4, 0.5) is 5.69 Å². The highest BCUT2D eigenvalue weighted by atomic mass is 16.5. The molecule has 112 valence electrons. The summed E-state index contributed by atoms with van der Waals surface area (Å²) in [6.07, 6.45) is 1.52. The molecular formula is C17H16N2O3. The lowest BCUT2D eigenvalue weighted by molar-refractivity contribution is 0.0956. The molecule has 0 bridgehead atoms. The number of ether oxygens (including phenoxy) is 1. The topological polar surface area (TPSA) is 59.5 Å². The first-order valence-electron chi connectivity index (χ1n) is 7.11. The number of aromatic nitrogens is 1. The van der Waals surface area contributed by atoms with Gasteiger partial charge in [-0.05, 0) is 38.1 Å². The Morgan fingerprint density at radius 3 is 2.55 bits per heavy atom. The molecule has 5 heteroatoms. The van der Waals surface area contributed by atoms with Gasteiger partial charge in [0.25, 0.3) is 5.91 Å². The van der Waals surface area contributed by atoms with Gasteiger partial charge in [-0.15, -0.1) is 0 Å². The number of anilines is 1. The Kier molecular flexibility index (Phi) is 3.63. The molecule has 0 radical (unpaired) electrons. The molecule has 0 N–H and O–H groups in total. The van der Waals surface area contributed by atoms with Crippen LogP contribution in [0.5, 0.6) is 5.88 Å². The summed E-state index contributed by atoms with van der Waals surface area (Å²) in [5.41, 5.74) is 1.80. The fourth-order valence-electron chi connectivity index (χ4n) is 2.46. The predicted molar refractivity (Wildman–Crippen MR) is 82.5 cm³/mol. The lowest BCUT2D eigenvalue weighted by Crippen LogP contribution is -2.42.